The first kappa shape index (κ1) is 24.5. The van der Waals surface area contributed by atoms with Gasteiger partial charge in [-0.15, -0.1) is 5.10 Å². The van der Waals surface area contributed by atoms with Crippen LogP contribution in [0.25, 0.3) is 0 Å². The molecule has 4 N–H and O–H groups in total. The Labute approximate surface area is 204 Å². The Bertz CT molecular complexity index is 984. The van der Waals surface area contributed by atoms with Crippen LogP contribution in [0.5, 0.6) is 11.6 Å². The Kier molecular flexibility index (Phi) is 7.29. The normalized spacial score (nSPS) is 31.3. The summed E-state index contributed by atoms with van der Waals surface area (Å²) in [6.07, 6.45) is -1.76. The topological polar surface area (TPSA) is 136 Å². The second-order valence-corrected chi connectivity index (χ2v) is 9.64. The molecule has 1 aliphatic carbocycles. The van der Waals surface area contributed by atoms with E-state index in [9.17, 15) is 20.4 Å². The Morgan fingerprint density at radius 3 is 2.43 bits per heavy atom. The highest BCUT2D eigenvalue weighted by atomic mass is 16.7. The van der Waals surface area contributed by atoms with Gasteiger partial charge in [0.15, 0.2) is 0 Å². The van der Waals surface area contributed by atoms with Gasteiger partial charge in [-0.1, -0.05) is 12.1 Å². The van der Waals surface area contributed by atoms with Crippen LogP contribution in [0.2, 0.25) is 0 Å². The third-order valence-electron chi connectivity index (χ3n) is 7.22. The van der Waals surface area contributed by atoms with Crippen molar-refractivity contribution in [1.82, 2.24) is 9.78 Å². The summed E-state index contributed by atoms with van der Waals surface area (Å²) in [7, 11) is 0. The van der Waals surface area contributed by atoms with Gasteiger partial charge in [0.2, 0.25) is 12.2 Å². The van der Waals surface area contributed by atoms with E-state index in [0.29, 0.717) is 25.7 Å². The first-order valence-corrected chi connectivity index (χ1v) is 12.3. The van der Waals surface area contributed by atoms with Crippen molar-refractivity contribution < 1.29 is 39.4 Å². The molecule has 0 amide bonds. The molecule has 1 aromatic heterocycles. The molecule has 0 radical (unpaired) electrons. The van der Waals surface area contributed by atoms with Crippen molar-refractivity contribution in [2.24, 2.45) is 0 Å². The molecule has 5 rings (SSSR count). The van der Waals surface area contributed by atoms with Crippen LogP contribution in [0.1, 0.15) is 48.5 Å². The predicted molar refractivity (Wildman–Crippen MR) is 123 cm³/mol. The summed E-state index contributed by atoms with van der Waals surface area (Å²) in [5.74, 6) is 1.13. The number of aliphatic hydroxyl groups excluding tert-OH is 4. The molecule has 2 aliphatic heterocycles. The van der Waals surface area contributed by atoms with E-state index in [2.05, 4.69) is 5.10 Å². The number of ether oxygens (including phenoxy) is 4. The summed E-state index contributed by atoms with van der Waals surface area (Å²) in [5, 5.41) is 44.9. The van der Waals surface area contributed by atoms with Gasteiger partial charge in [0.05, 0.1) is 25.4 Å². The van der Waals surface area contributed by atoms with Gasteiger partial charge in [-0.05, 0) is 50.3 Å². The number of benzene rings is 1. The lowest BCUT2D eigenvalue weighted by Crippen LogP contribution is -2.60. The van der Waals surface area contributed by atoms with Crippen molar-refractivity contribution >= 4 is 0 Å². The zero-order valence-electron chi connectivity index (χ0n) is 19.8. The summed E-state index contributed by atoms with van der Waals surface area (Å²) >= 11 is 0. The van der Waals surface area contributed by atoms with Gasteiger partial charge >= 0.3 is 0 Å². The monoisotopic (exact) mass is 490 g/mol. The van der Waals surface area contributed by atoms with Crippen molar-refractivity contribution in [3.05, 3.63) is 41.1 Å². The summed E-state index contributed by atoms with van der Waals surface area (Å²) in [5.41, 5.74) is 2.77. The fourth-order valence-electron chi connectivity index (χ4n) is 4.74. The van der Waals surface area contributed by atoms with Gasteiger partial charge in [-0.2, -0.15) is 0 Å². The molecule has 0 bridgehead atoms. The molecule has 35 heavy (non-hydrogen) atoms. The molecular formula is C25H34N2O8. The number of hydrogen-bond acceptors (Lipinski definition) is 9. The van der Waals surface area contributed by atoms with Crippen molar-refractivity contribution in [3.8, 4) is 11.6 Å². The summed E-state index contributed by atoms with van der Waals surface area (Å²) in [6, 6.07) is 8.04. The standard InChI is InChI=1S/C25H34N2O8/c1-14-19(11-15-5-7-18(8-6-15)33-17-3-2-4-17)24(26-27(14)16-9-10-32-13-16)35-25-23(31)22(30)21(29)20(12-28)34-25/h5-8,16-17,20-23,25,28-31H,2-4,9-13H2,1H3/t16?,20-,21-,22?,23?,25+/m1/s1. The van der Waals surface area contributed by atoms with Crippen molar-refractivity contribution in [2.75, 3.05) is 19.8 Å². The average molecular weight is 491 g/mol. The highest BCUT2D eigenvalue weighted by Gasteiger charge is 2.45. The molecular weight excluding hydrogens is 456 g/mol. The molecule has 1 saturated carbocycles. The van der Waals surface area contributed by atoms with Gasteiger partial charge in [-0.25, -0.2) is 0 Å². The highest BCUT2D eigenvalue weighted by molar-refractivity contribution is 5.38. The van der Waals surface area contributed by atoms with Crippen molar-refractivity contribution in [2.45, 2.75) is 81.9 Å². The number of aliphatic hydroxyl groups is 4. The third kappa shape index (κ3) is 5.04. The number of aromatic nitrogens is 2. The molecule has 6 atom stereocenters. The largest absolute Gasteiger partial charge is 0.490 e. The van der Waals surface area contributed by atoms with Crippen LogP contribution in [-0.4, -0.2) is 86.8 Å². The molecule has 3 unspecified atom stereocenters. The quantitative estimate of drug-likeness (QED) is 0.425. The zero-order valence-corrected chi connectivity index (χ0v) is 19.8. The molecule has 0 spiro atoms. The Hall–Kier alpha value is -2.21. The molecule has 1 aromatic carbocycles. The van der Waals surface area contributed by atoms with Crippen LogP contribution in [0, 0.1) is 6.92 Å². The molecule has 3 fully saturated rings. The average Bonchev–Trinajstić information content (AvgIpc) is 3.47. The van der Waals surface area contributed by atoms with Crippen LogP contribution < -0.4 is 9.47 Å². The maximum atomic E-state index is 10.5. The minimum absolute atomic E-state index is 0.0687. The molecule has 10 heteroatoms. The second kappa shape index (κ2) is 10.4. The van der Waals surface area contributed by atoms with Crippen molar-refractivity contribution in [3.63, 3.8) is 0 Å². The van der Waals surface area contributed by atoms with Crippen LogP contribution in [0.15, 0.2) is 24.3 Å². The first-order valence-electron chi connectivity index (χ1n) is 12.3. The molecule has 3 heterocycles. The van der Waals surface area contributed by atoms with E-state index in [-0.39, 0.29) is 11.9 Å². The SMILES string of the molecule is Cc1c(Cc2ccc(OC3CCC3)cc2)c(O[C@@H]2O[C@H](CO)[C@@H](O)C(O)C2O)nn1C1CCOC1. The number of rotatable bonds is 8. The highest BCUT2D eigenvalue weighted by Crippen LogP contribution is 2.33. The Balaban J connectivity index is 1.39. The minimum atomic E-state index is -1.52. The molecule has 10 nitrogen and oxygen atoms in total. The van der Waals surface area contributed by atoms with Crippen LogP contribution >= 0.6 is 0 Å². The molecule has 2 saturated heterocycles. The van der Waals surface area contributed by atoms with E-state index in [1.54, 1.807) is 0 Å². The fraction of sp³-hybridized carbons (Fsp3) is 0.640. The summed E-state index contributed by atoms with van der Waals surface area (Å²) < 4.78 is 24.9. The van der Waals surface area contributed by atoms with E-state index in [0.717, 1.165) is 41.8 Å². The van der Waals surface area contributed by atoms with Gasteiger partial charge in [-0.3, -0.25) is 4.68 Å². The lowest BCUT2D eigenvalue weighted by Gasteiger charge is -2.39. The van der Waals surface area contributed by atoms with E-state index >= 15 is 0 Å². The lowest BCUT2D eigenvalue weighted by atomic mass is 9.96. The summed E-state index contributed by atoms with van der Waals surface area (Å²) in [6.45, 7) is 2.65. The van der Waals surface area contributed by atoms with Crippen LogP contribution in [0.4, 0.5) is 0 Å². The number of nitrogens with zero attached hydrogens (tertiary/aromatic N) is 2. The lowest BCUT2D eigenvalue weighted by molar-refractivity contribution is -0.278. The first-order chi connectivity index (χ1) is 16.9. The minimum Gasteiger partial charge on any atom is -0.490 e. The summed E-state index contributed by atoms with van der Waals surface area (Å²) in [4.78, 5) is 0. The van der Waals surface area contributed by atoms with E-state index in [1.165, 1.54) is 6.42 Å². The van der Waals surface area contributed by atoms with E-state index in [4.69, 9.17) is 18.9 Å². The van der Waals surface area contributed by atoms with Gasteiger partial charge < -0.3 is 39.4 Å². The molecule has 192 valence electrons. The van der Waals surface area contributed by atoms with Crippen molar-refractivity contribution in [1.29, 1.82) is 0 Å². The van der Waals surface area contributed by atoms with Gasteiger partial charge in [0, 0.05) is 24.3 Å². The van der Waals surface area contributed by atoms with Crippen LogP contribution in [0.3, 0.4) is 0 Å². The predicted octanol–water partition coefficient (Wildman–Crippen LogP) is 0.854. The Morgan fingerprint density at radius 2 is 1.80 bits per heavy atom. The maximum Gasteiger partial charge on any atom is 0.239 e. The number of hydrogen-bond donors (Lipinski definition) is 4. The maximum absolute atomic E-state index is 10.5. The van der Waals surface area contributed by atoms with E-state index in [1.807, 2.05) is 35.9 Å². The second-order valence-electron chi connectivity index (χ2n) is 9.64. The van der Waals surface area contributed by atoms with Gasteiger partial charge in [0.1, 0.15) is 30.2 Å². The fourth-order valence-corrected chi connectivity index (χ4v) is 4.74. The third-order valence-corrected chi connectivity index (χ3v) is 7.22. The Morgan fingerprint density at radius 1 is 1.03 bits per heavy atom. The van der Waals surface area contributed by atoms with E-state index < -0.39 is 37.3 Å². The molecule has 2 aromatic rings. The van der Waals surface area contributed by atoms with Gasteiger partial charge in [0.25, 0.3) is 0 Å². The molecule has 3 aliphatic rings. The zero-order chi connectivity index (χ0) is 24.5. The van der Waals surface area contributed by atoms with Crippen LogP contribution in [-0.2, 0) is 15.9 Å². The smallest absolute Gasteiger partial charge is 0.239 e.